The number of carbonyl (C=O) groups is 2. The molecule has 0 fully saturated rings. The highest BCUT2D eigenvalue weighted by Crippen LogP contribution is 2.22. The SMILES string of the molecule is CC(=O)Nc1cc(C(=O)O)c2cc(F)ccc2n1. The normalized spacial score (nSPS) is 10.3. The average Bonchev–Trinajstić information content (AvgIpc) is 2.27. The Labute approximate surface area is 101 Å². The quantitative estimate of drug-likeness (QED) is 0.852. The molecule has 0 radical (unpaired) electrons. The van der Waals surface area contributed by atoms with Crippen LogP contribution in [0.1, 0.15) is 17.3 Å². The highest BCUT2D eigenvalue weighted by molar-refractivity contribution is 6.04. The number of carboxylic acid groups (broad SMARTS) is 1. The molecule has 5 nitrogen and oxygen atoms in total. The molecule has 0 aliphatic carbocycles. The van der Waals surface area contributed by atoms with Crippen LogP contribution in [0.15, 0.2) is 24.3 Å². The monoisotopic (exact) mass is 248 g/mol. The van der Waals surface area contributed by atoms with Gasteiger partial charge in [0.25, 0.3) is 0 Å². The molecule has 0 unspecified atom stereocenters. The smallest absolute Gasteiger partial charge is 0.336 e. The highest BCUT2D eigenvalue weighted by atomic mass is 19.1. The van der Waals surface area contributed by atoms with Gasteiger partial charge in [-0.3, -0.25) is 4.79 Å². The number of amides is 1. The molecule has 18 heavy (non-hydrogen) atoms. The van der Waals surface area contributed by atoms with Gasteiger partial charge in [-0.15, -0.1) is 0 Å². The van der Waals surface area contributed by atoms with Crippen molar-refractivity contribution in [2.45, 2.75) is 6.92 Å². The van der Waals surface area contributed by atoms with Crippen LogP contribution in [-0.4, -0.2) is 22.0 Å². The molecule has 1 aromatic heterocycles. The van der Waals surface area contributed by atoms with Crippen LogP contribution in [-0.2, 0) is 4.79 Å². The lowest BCUT2D eigenvalue weighted by Crippen LogP contribution is -2.09. The van der Waals surface area contributed by atoms with E-state index >= 15 is 0 Å². The van der Waals surface area contributed by atoms with Gasteiger partial charge in [-0.05, 0) is 24.3 Å². The van der Waals surface area contributed by atoms with Crippen LogP contribution in [0.25, 0.3) is 10.9 Å². The number of fused-ring (bicyclic) bond motifs is 1. The predicted octanol–water partition coefficient (Wildman–Crippen LogP) is 2.03. The van der Waals surface area contributed by atoms with Crippen molar-refractivity contribution in [3.05, 3.63) is 35.6 Å². The number of anilines is 1. The number of hydrogen-bond donors (Lipinski definition) is 2. The van der Waals surface area contributed by atoms with Crippen molar-refractivity contribution in [2.75, 3.05) is 5.32 Å². The van der Waals surface area contributed by atoms with Crippen molar-refractivity contribution in [1.29, 1.82) is 0 Å². The van der Waals surface area contributed by atoms with E-state index in [9.17, 15) is 14.0 Å². The van der Waals surface area contributed by atoms with E-state index in [4.69, 9.17) is 5.11 Å². The fraction of sp³-hybridized carbons (Fsp3) is 0.0833. The fourth-order valence-corrected chi connectivity index (χ4v) is 1.62. The van der Waals surface area contributed by atoms with E-state index in [1.807, 2.05) is 0 Å². The fourth-order valence-electron chi connectivity index (χ4n) is 1.62. The maximum Gasteiger partial charge on any atom is 0.336 e. The van der Waals surface area contributed by atoms with Crippen LogP contribution in [0.2, 0.25) is 0 Å². The number of aromatic carboxylic acids is 1. The average molecular weight is 248 g/mol. The zero-order valence-electron chi connectivity index (χ0n) is 9.40. The van der Waals surface area contributed by atoms with E-state index in [1.165, 1.54) is 25.1 Å². The van der Waals surface area contributed by atoms with Crippen molar-refractivity contribution in [1.82, 2.24) is 4.98 Å². The van der Waals surface area contributed by atoms with Gasteiger partial charge in [0.05, 0.1) is 11.1 Å². The van der Waals surface area contributed by atoms with Gasteiger partial charge in [0.2, 0.25) is 5.91 Å². The minimum absolute atomic E-state index is 0.108. The Hall–Kier alpha value is -2.50. The Bertz CT molecular complexity index is 655. The Kier molecular flexibility index (Phi) is 2.93. The van der Waals surface area contributed by atoms with Crippen molar-refractivity contribution in [2.24, 2.45) is 0 Å². The largest absolute Gasteiger partial charge is 0.478 e. The molecule has 1 amide bonds. The van der Waals surface area contributed by atoms with Gasteiger partial charge in [-0.2, -0.15) is 0 Å². The number of halogens is 1. The van der Waals surface area contributed by atoms with Crippen molar-refractivity contribution < 1.29 is 19.1 Å². The van der Waals surface area contributed by atoms with Crippen molar-refractivity contribution >= 4 is 28.6 Å². The van der Waals surface area contributed by atoms with Gasteiger partial charge in [0.1, 0.15) is 11.6 Å². The number of carbonyl (C=O) groups excluding carboxylic acids is 1. The summed E-state index contributed by atoms with van der Waals surface area (Å²) in [7, 11) is 0. The Morgan fingerprint density at radius 1 is 1.33 bits per heavy atom. The summed E-state index contributed by atoms with van der Waals surface area (Å²) in [5.74, 6) is -1.99. The number of pyridine rings is 1. The second-order valence-electron chi connectivity index (χ2n) is 3.70. The zero-order valence-corrected chi connectivity index (χ0v) is 9.40. The molecule has 0 bridgehead atoms. The maximum atomic E-state index is 13.1. The van der Waals surface area contributed by atoms with Gasteiger partial charge in [-0.1, -0.05) is 0 Å². The number of aromatic nitrogens is 1. The molecule has 1 heterocycles. The molecule has 2 N–H and O–H groups in total. The molecule has 0 saturated heterocycles. The molecule has 0 aliphatic heterocycles. The lowest BCUT2D eigenvalue weighted by molar-refractivity contribution is -0.114. The Morgan fingerprint density at radius 3 is 2.67 bits per heavy atom. The molecule has 2 rings (SSSR count). The van der Waals surface area contributed by atoms with Crippen LogP contribution >= 0.6 is 0 Å². The Morgan fingerprint density at radius 2 is 2.06 bits per heavy atom. The summed E-state index contributed by atoms with van der Waals surface area (Å²) in [5.41, 5.74) is 0.198. The third-order valence-corrected chi connectivity index (χ3v) is 2.31. The zero-order chi connectivity index (χ0) is 13.3. The van der Waals surface area contributed by atoms with E-state index in [0.29, 0.717) is 5.52 Å². The minimum Gasteiger partial charge on any atom is -0.478 e. The number of rotatable bonds is 2. The van der Waals surface area contributed by atoms with Gasteiger partial charge in [-0.25, -0.2) is 14.2 Å². The second kappa shape index (κ2) is 4.40. The standard InChI is InChI=1S/C12H9FN2O3/c1-6(16)14-11-5-9(12(17)18)8-4-7(13)2-3-10(8)15-11/h2-5H,1H3,(H,17,18)(H,14,15,16). The molecule has 1 aromatic carbocycles. The third kappa shape index (κ3) is 2.27. The number of carboxylic acids is 1. The number of benzene rings is 1. The van der Waals surface area contributed by atoms with Crippen LogP contribution < -0.4 is 5.32 Å². The van der Waals surface area contributed by atoms with Crippen molar-refractivity contribution in [3.8, 4) is 0 Å². The van der Waals surface area contributed by atoms with Crippen LogP contribution in [0.3, 0.4) is 0 Å². The summed E-state index contributed by atoms with van der Waals surface area (Å²) in [6.45, 7) is 1.29. The molecule has 0 saturated carbocycles. The highest BCUT2D eigenvalue weighted by Gasteiger charge is 2.13. The lowest BCUT2D eigenvalue weighted by atomic mass is 10.1. The predicted molar refractivity (Wildman–Crippen MR) is 63.0 cm³/mol. The molecule has 0 atom stereocenters. The third-order valence-electron chi connectivity index (χ3n) is 2.31. The summed E-state index contributed by atoms with van der Waals surface area (Å²) in [4.78, 5) is 26.1. The summed E-state index contributed by atoms with van der Waals surface area (Å²) in [6.07, 6.45) is 0. The molecule has 6 heteroatoms. The van der Waals surface area contributed by atoms with Crippen LogP contribution in [0.5, 0.6) is 0 Å². The van der Waals surface area contributed by atoms with E-state index in [1.54, 1.807) is 0 Å². The summed E-state index contributed by atoms with van der Waals surface area (Å²) >= 11 is 0. The number of nitrogens with one attached hydrogen (secondary N) is 1. The minimum atomic E-state index is -1.21. The molecule has 0 spiro atoms. The summed E-state index contributed by atoms with van der Waals surface area (Å²) < 4.78 is 13.1. The van der Waals surface area contributed by atoms with E-state index in [0.717, 1.165) is 6.07 Å². The first-order valence-corrected chi connectivity index (χ1v) is 5.08. The van der Waals surface area contributed by atoms with Crippen LogP contribution in [0, 0.1) is 5.82 Å². The lowest BCUT2D eigenvalue weighted by Gasteiger charge is -2.07. The number of nitrogens with zero attached hydrogens (tertiary/aromatic N) is 1. The number of hydrogen-bond acceptors (Lipinski definition) is 3. The van der Waals surface area contributed by atoms with Crippen LogP contribution in [0.4, 0.5) is 10.2 Å². The molecular formula is C12H9FN2O3. The van der Waals surface area contributed by atoms with Gasteiger partial charge in [0, 0.05) is 12.3 Å². The molecule has 92 valence electrons. The molecule has 2 aromatic rings. The Balaban J connectivity index is 2.70. The summed E-state index contributed by atoms with van der Waals surface area (Å²) in [6, 6.07) is 4.84. The second-order valence-corrected chi connectivity index (χ2v) is 3.70. The van der Waals surface area contributed by atoms with Gasteiger partial charge in [0.15, 0.2) is 0 Å². The van der Waals surface area contributed by atoms with Gasteiger partial charge < -0.3 is 10.4 Å². The van der Waals surface area contributed by atoms with E-state index in [2.05, 4.69) is 10.3 Å². The van der Waals surface area contributed by atoms with Gasteiger partial charge >= 0.3 is 5.97 Å². The first-order chi connectivity index (χ1) is 8.47. The van der Waals surface area contributed by atoms with E-state index in [-0.39, 0.29) is 22.7 Å². The first kappa shape index (κ1) is 12.0. The maximum absolute atomic E-state index is 13.1. The molecule has 0 aliphatic rings. The van der Waals surface area contributed by atoms with Crippen molar-refractivity contribution in [3.63, 3.8) is 0 Å². The molecular weight excluding hydrogens is 239 g/mol. The van der Waals surface area contributed by atoms with E-state index < -0.39 is 11.8 Å². The first-order valence-electron chi connectivity index (χ1n) is 5.08. The topological polar surface area (TPSA) is 79.3 Å². The summed E-state index contributed by atoms with van der Waals surface area (Å²) in [5, 5.41) is 11.7.